The topological polar surface area (TPSA) is 34.9 Å². The number of hydrogen-bond acceptors (Lipinski definition) is 3. The van der Waals surface area contributed by atoms with Gasteiger partial charge in [-0.3, -0.25) is 0 Å². The molecule has 0 amide bonds. The van der Waals surface area contributed by atoms with Gasteiger partial charge in [0.15, 0.2) is 0 Å². The zero-order valence-electron chi connectivity index (χ0n) is 11.6. The van der Waals surface area contributed by atoms with Crippen LogP contribution in [-0.4, -0.2) is 12.4 Å². The van der Waals surface area contributed by atoms with Crippen molar-refractivity contribution in [3.8, 4) is 17.1 Å². The van der Waals surface area contributed by atoms with E-state index in [1.165, 1.54) is 24.2 Å². The van der Waals surface area contributed by atoms with Crippen molar-refractivity contribution in [3.05, 3.63) is 41.7 Å². The van der Waals surface area contributed by atoms with Crippen LogP contribution in [0.2, 0.25) is 0 Å². The minimum Gasteiger partial charge on any atom is -0.462 e. The van der Waals surface area contributed by atoms with Crippen molar-refractivity contribution in [2.75, 3.05) is 0 Å². The molecule has 20 heavy (non-hydrogen) atoms. The summed E-state index contributed by atoms with van der Waals surface area (Å²) in [5.74, 6) is 2.99. The van der Waals surface area contributed by atoms with Crippen LogP contribution in [0.1, 0.15) is 31.1 Å². The lowest BCUT2D eigenvalue weighted by molar-refractivity contribution is 0.178. The van der Waals surface area contributed by atoms with Gasteiger partial charge in [0.2, 0.25) is 6.29 Å². The average Bonchev–Trinajstić information content (AvgIpc) is 3.01. The number of rotatable bonds is 3. The second-order valence-electron chi connectivity index (χ2n) is 5.62. The molecule has 2 aliphatic rings. The molecule has 1 aliphatic heterocycles. The Kier molecular flexibility index (Phi) is 2.81. The summed E-state index contributed by atoms with van der Waals surface area (Å²) in [5.41, 5.74) is 2.49. The fraction of sp³-hybridized carbons (Fsp3) is 0.412. The van der Waals surface area contributed by atoms with E-state index in [1.807, 2.05) is 31.2 Å². The van der Waals surface area contributed by atoms with Gasteiger partial charge in [0.1, 0.15) is 23.4 Å². The van der Waals surface area contributed by atoms with Gasteiger partial charge in [-0.1, -0.05) is 0 Å². The number of hydrogen-bond donors (Lipinski definition) is 0. The molecule has 1 aromatic carbocycles. The molecule has 0 radical (unpaired) electrons. The Bertz CT molecular complexity index is 588. The van der Waals surface area contributed by atoms with Gasteiger partial charge in [0.05, 0.1) is 0 Å². The van der Waals surface area contributed by atoms with E-state index in [9.17, 15) is 0 Å². The first-order valence-electron chi connectivity index (χ1n) is 7.34. The highest BCUT2D eigenvalue weighted by Crippen LogP contribution is 2.32. The Morgan fingerprint density at radius 1 is 1.10 bits per heavy atom. The number of aryl methyl sites for hydroxylation is 2. The summed E-state index contributed by atoms with van der Waals surface area (Å²) >= 11 is 0. The average molecular weight is 270 g/mol. The zero-order valence-corrected chi connectivity index (χ0v) is 11.6. The van der Waals surface area contributed by atoms with Crippen LogP contribution in [0.3, 0.4) is 0 Å². The molecule has 3 nitrogen and oxygen atoms in total. The zero-order chi connectivity index (χ0) is 13.5. The molecule has 0 bridgehead atoms. The minimum absolute atomic E-state index is 0.0724. The van der Waals surface area contributed by atoms with Crippen LogP contribution in [0.25, 0.3) is 11.3 Å². The van der Waals surface area contributed by atoms with Crippen molar-refractivity contribution in [2.24, 2.45) is 0 Å². The monoisotopic (exact) mass is 270 g/mol. The largest absolute Gasteiger partial charge is 0.462 e. The van der Waals surface area contributed by atoms with Crippen molar-refractivity contribution < 1.29 is 13.9 Å². The third kappa shape index (κ3) is 2.22. The van der Waals surface area contributed by atoms with Gasteiger partial charge >= 0.3 is 0 Å². The molecular weight excluding hydrogens is 252 g/mol. The van der Waals surface area contributed by atoms with Crippen molar-refractivity contribution in [1.82, 2.24) is 0 Å². The lowest BCUT2D eigenvalue weighted by Gasteiger charge is -2.07. The van der Waals surface area contributed by atoms with Gasteiger partial charge in [-0.15, -0.1) is 0 Å². The molecule has 0 spiro atoms. The van der Waals surface area contributed by atoms with Gasteiger partial charge in [-0.2, -0.15) is 0 Å². The number of fused-ring (bicyclic) bond motifs is 1. The van der Waals surface area contributed by atoms with E-state index in [1.54, 1.807) is 0 Å². The van der Waals surface area contributed by atoms with Crippen molar-refractivity contribution >= 4 is 0 Å². The summed E-state index contributed by atoms with van der Waals surface area (Å²) in [6.45, 7) is 2.01. The summed E-state index contributed by atoms with van der Waals surface area (Å²) in [5, 5.41) is 0. The first-order chi connectivity index (χ1) is 9.79. The number of furan rings is 1. The lowest BCUT2D eigenvalue weighted by Crippen LogP contribution is -2.00. The third-order valence-electron chi connectivity index (χ3n) is 4.04. The maximum absolute atomic E-state index is 5.98. The standard InChI is InChI=1S/C17H18O3/c1-11-17(18-11)19-14-8-6-12(7-9-14)16-10-13-4-2-3-5-15(13)20-16/h6-11,17H,2-5H2,1H3. The van der Waals surface area contributed by atoms with E-state index in [0.717, 1.165) is 29.9 Å². The van der Waals surface area contributed by atoms with Crippen LogP contribution in [0.15, 0.2) is 34.7 Å². The molecule has 104 valence electrons. The van der Waals surface area contributed by atoms with E-state index < -0.39 is 0 Å². The van der Waals surface area contributed by atoms with Gasteiger partial charge in [-0.25, -0.2) is 0 Å². The van der Waals surface area contributed by atoms with E-state index >= 15 is 0 Å². The lowest BCUT2D eigenvalue weighted by atomic mass is 9.98. The van der Waals surface area contributed by atoms with Gasteiger partial charge in [0.25, 0.3) is 0 Å². The predicted octanol–water partition coefficient (Wildman–Crippen LogP) is 3.95. The number of epoxide rings is 1. The smallest absolute Gasteiger partial charge is 0.226 e. The van der Waals surface area contributed by atoms with Gasteiger partial charge in [0, 0.05) is 12.0 Å². The first kappa shape index (κ1) is 12.0. The van der Waals surface area contributed by atoms with Crippen LogP contribution in [-0.2, 0) is 17.6 Å². The molecule has 4 rings (SSSR count). The van der Waals surface area contributed by atoms with Crippen LogP contribution >= 0.6 is 0 Å². The highest BCUT2D eigenvalue weighted by atomic mass is 16.8. The van der Waals surface area contributed by atoms with E-state index in [0.29, 0.717) is 0 Å². The molecule has 0 saturated carbocycles. The summed E-state index contributed by atoms with van der Waals surface area (Å²) in [4.78, 5) is 0. The van der Waals surface area contributed by atoms with Gasteiger partial charge < -0.3 is 13.9 Å². The fourth-order valence-electron chi connectivity index (χ4n) is 2.75. The molecule has 1 aromatic heterocycles. The summed E-state index contributed by atoms with van der Waals surface area (Å²) in [7, 11) is 0. The van der Waals surface area contributed by atoms with Crippen molar-refractivity contribution in [3.63, 3.8) is 0 Å². The Labute approximate surface area is 118 Å². The second kappa shape index (κ2) is 4.67. The first-order valence-corrected chi connectivity index (χ1v) is 7.34. The maximum atomic E-state index is 5.98. The van der Waals surface area contributed by atoms with Gasteiger partial charge in [-0.05, 0) is 62.1 Å². The number of ether oxygens (including phenoxy) is 2. The molecule has 2 unspecified atom stereocenters. The molecule has 1 saturated heterocycles. The summed E-state index contributed by atoms with van der Waals surface area (Å²) < 4.78 is 16.9. The molecule has 2 aromatic rings. The molecule has 1 aliphatic carbocycles. The van der Waals surface area contributed by atoms with Crippen LogP contribution < -0.4 is 4.74 Å². The van der Waals surface area contributed by atoms with E-state index in [4.69, 9.17) is 13.9 Å². The quantitative estimate of drug-likeness (QED) is 0.792. The summed E-state index contributed by atoms with van der Waals surface area (Å²) in [6.07, 6.45) is 4.89. The van der Waals surface area contributed by atoms with Crippen LogP contribution in [0, 0.1) is 0 Å². The Morgan fingerprint density at radius 2 is 1.85 bits per heavy atom. The molecule has 0 N–H and O–H groups in total. The van der Waals surface area contributed by atoms with Crippen molar-refractivity contribution in [1.29, 1.82) is 0 Å². The SMILES string of the molecule is CC1OC1Oc1ccc(-c2cc3c(o2)CCCC3)cc1. The third-order valence-corrected chi connectivity index (χ3v) is 4.04. The Hall–Kier alpha value is -1.74. The molecular formula is C17H18O3. The van der Waals surface area contributed by atoms with E-state index in [-0.39, 0.29) is 12.4 Å². The van der Waals surface area contributed by atoms with Crippen LogP contribution in [0.5, 0.6) is 5.75 Å². The molecule has 3 heteroatoms. The second-order valence-corrected chi connectivity index (χ2v) is 5.62. The molecule has 2 heterocycles. The summed E-state index contributed by atoms with van der Waals surface area (Å²) in [6, 6.07) is 10.2. The normalized spacial score (nSPS) is 24.2. The molecule has 2 atom stereocenters. The van der Waals surface area contributed by atoms with E-state index in [2.05, 4.69) is 6.07 Å². The Morgan fingerprint density at radius 3 is 2.55 bits per heavy atom. The maximum Gasteiger partial charge on any atom is 0.226 e. The van der Waals surface area contributed by atoms with Crippen molar-refractivity contribution in [2.45, 2.75) is 45.0 Å². The van der Waals surface area contributed by atoms with Crippen LogP contribution in [0.4, 0.5) is 0 Å². The predicted molar refractivity (Wildman–Crippen MR) is 75.7 cm³/mol. The number of benzene rings is 1. The highest BCUT2D eigenvalue weighted by molar-refractivity contribution is 5.60. The Balaban J connectivity index is 1.54. The highest BCUT2D eigenvalue weighted by Gasteiger charge is 2.36. The fourth-order valence-corrected chi connectivity index (χ4v) is 2.75. The molecule has 1 fully saturated rings. The minimum atomic E-state index is -0.0724.